The Kier molecular flexibility index (Phi) is 14.5. The zero-order valence-electron chi connectivity index (χ0n) is 32.6. The van der Waals surface area contributed by atoms with Crippen molar-refractivity contribution >= 4 is 63.0 Å². The average Bonchev–Trinajstić information content (AvgIpc) is 3.79. The van der Waals surface area contributed by atoms with Crippen LogP contribution in [-0.4, -0.2) is 9.52 Å². The van der Waals surface area contributed by atoms with Gasteiger partial charge in [0.15, 0.2) is 0 Å². The van der Waals surface area contributed by atoms with Crippen LogP contribution in [0.25, 0.3) is 65.3 Å². The van der Waals surface area contributed by atoms with Gasteiger partial charge in [0.05, 0.1) is 0 Å². The molecule has 0 fully saturated rings. The molecule has 0 amide bonds. The van der Waals surface area contributed by atoms with E-state index in [0.29, 0.717) is 0 Å². The summed E-state index contributed by atoms with van der Waals surface area (Å²) in [6, 6.07) is 73.6. The molecule has 0 atom stereocenters. The molecule has 0 heterocycles. The molecule has 10 rings (SSSR count). The molecule has 0 nitrogen and oxygen atoms in total. The Morgan fingerprint density at radius 3 is 1.07 bits per heavy atom. The van der Waals surface area contributed by atoms with Crippen LogP contribution in [-0.2, 0) is 25.8 Å². The Hall–Kier alpha value is -5.41. The molecule has 0 unspecified atom stereocenters. The fraction of sp³-hybridized carbons (Fsp3) is 0.0370. The third kappa shape index (κ3) is 9.33. The largest absolute Gasteiger partial charge is 4.00 e. The molecular weight excluding hydrogens is 855 g/mol. The molecule has 0 N–H and O–H groups in total. The maximum Gasteiger partial charge on any atom is 4.00 e. The maximum absolute atomic E-state index is 2.28. The van der Waals surface area contributed by atoms with E-state index < -0.39 is 0 Å². The number of rotatable bonds is 4. The third-order valence-corrected chi connectivity index (χ3v) is 11.0. The van der Waals surface area contributed by atoms with Crippen molar-refractivity contribution in [1.82, 2.24) is 0 Å². The number of fused-ring (bicyclic) bond motifs is 4. The molecule has 270 valence electrons. The minimum atomic E-state index is 0. The number of aryl methyl sites for hydroxylation is 2. The molecule has 0 saturated heterocycles. The Morgan fingerprint density at radius 2 is 0.661 bits per heavy atom. The van der Waals surface area contributed by atoms with Crippen LogP contribution in [0, 0.1) is 28.7 Å². The second-order valence-corrected chi connectivity index (χ2v) is 15.0. The van der Waals surface area contributed by atoms with Crippen molar-refractivity contribution in [3.63, 3.8) is 0 Å². The van der Waals surface area contributed by atoms with E-state index in [9.17, 15) is 0 Å². The van der Waals surface area contributed by atoms with Gasteiger partial charge in [-0.3, -0.25) is 0 Å². The van der Waals surface area contributed by atoms with E-state index in [4.69, 9.17) is 0 Å². The van der Waals surface area contributed by atoms with Gasteiger partial charge < -0.3 is 14.9 Å². The summed E-state index contributed by atoms with van der Waals surface area (Å²) in [5.74, 6) is 0. The Balaban J connectivity index is 0.000000160. The Morgan fingerprint density at radius 1 is 0.339 bits per heavy atom. The van der Waals surface area contributed by atoms with Crippen LogP contribution in [0.1, 0.15) is 11.1 Å². The van der Waals surface area contributed by atoms with Crippen LogP contribution in [0.2, 0.25) is 0 Å². The molecule has 0 aliphatic rings. The Bertz CT molecular complexity index is 2570. The molecule has 10 aromatic rings. The van der Waals surface area contributed by atoms with Crippen molar-refractivity contribution in [2.24, 2.45) is 0 Å². The molecule has 0 aromatic heterocycles. The number of hydrogen-bond acceptors (Lipinski definition) is 0. The van der Waals surface area contributed by atoms with E-state index in [1.807, 2.05) is 0 Å². The summed E-state index contributed by atoms with van der Waals surface area (Å²) in [5, 5.41) is 13.4. The van der Waals surface area contributed by atoms with Crippen molar-refractivity contribution in [3.05, 3.63) is 232 Å². The zero-order chi connectivity index (χ0) is 36.0. The fourth-order valence-corrected chi connectivity index (χ4v) is 8.42. The first-order chi connectivity index (χ1) is 26.1. The molecule has 0 bridgehead atoms. The molecule has 2 radical (unpaired) electrons. The first-order valence-electron chi connectivity index (χ1n) is 18.3. The van der Waals surface area contributed by atoms with Crippen LogP contribution < -0.4 is 10.4 Å². The molecule has 10 aromatic carbocycles. The summed E-state index contributed by atoms with van der Waals surface area (Å²) in [7, 11) is 0.777. The second kappa shape index (κ2) is 19.4. The summed E-state index contributed by atoms with van der Waals surface area (Å²) < 4.78 is 0. The average molecular weight is 902 g/mol. The third-order valence-electron chi connectivity index (χ3n) is 9.79. The molecule has 2 heteroatoms. The van der Waals surface area contributed by atoms with Crippen molar-refractivity contribution < 1.29 is 25.8 Å². The van der Waals surface area contributed by atoms with Crippen molar-refractivity contribution in [1.29, 1.82) is 0 Å². The van der Waals surface area contributed by atoms with Gasteiger partial charge in [-0.2, -0.15) is 12.1 Å². The first kappa shape index (κ1) is 41.7. The van der Waals surface area contributed by atoms with Gasteiger partial charge in [-0.15, -0.1) is 69.1 Å². The normalized spacial score (nSPS) is 10.3. The molecule has 0 spiro atoms. The summed E-state index contributed by atoms with van der Waals surface area (Å²) in [5.41, 5.74) is 7.94. The molecule has 0 saturated carbocycles. The number of hydrogen-bond donors (Lipinski definition) is 0. The summed E-state index contributed by atoms with van der Waals surface area (Å²) in [4.78, 5) is 0. The Labute approximate surface area is 354 Å². The van der Waals surface area contributed by atoms with Crippen LogP contribution >= 0.6 is 0 Å². The summed E-state index contributed by atoms with van der Waals surface area (Å²) >= 11 is 0. The van der Waals surface area contributed by atoms with Crippen LogP contribution in [0.4, 0.5) is 0 Å². The molecule has 0 aliphatic heterocycles. The van der Waals surface area contributed by atoms with Gasteiger partial charge >= 0.3 is 25.8 Å². The van der Waals surface area contributed by atoms with E-state index in [-0.39, 0.29) is 40.7 Å². The quantitative estimate of drug-likeness (QED) is 0.122. The van der Waals surface area contributed by atoms with Gasteiger partial charge in [0.1, 0.15) is 9.52 Å². The van der Waals surface area contributed by atoms with Crippen molar-refractivity contribution in [2.75, 3.05) is 0 Å². The van der Waals surface area contributed by atoms with Crippen molar-refractivity contribution in [3.8, 4) is 22.3 Å². The minimum absolute atomic E-state index is 0. The predicted octanol–water partition coefficient (Wildman–Crippen LogP) is 13.6. The van der Waals surface area contributed by atoms with Gasteiger partial charge in [-0.05, 0) is 32.7 Å². The zero-order valence-corrected chi connectivity index (χ0v) is 37.2. The topological polar surface area (TPSA) is 0 Å². The predicted molar refractivity (Wildman–Crippen MR) is 245 cm³/mol. The van der Waals surface area contributed by atoms with Gasteiger partial charge in [-0.1, -0.05) is 193 Å². The molecular formula is C54H46HfSi. The van der Waals surface area contributed by atoms with Gasteiger partial charge in [-0.25, -0.2) is 0 Å². The van der Waals surface area contributed by atoms with Crippen LogP contribution in [0.5, 0.6) is 0 Å². The summed E-state index contributed by atoms with van der Waals surface area (Å²) in [6.45, 7) is 4.32. The second-order valence-electron chi connectivity index (χ2n) is 13.6. The number of benzene rings is 8. The van der Waals surface area contributed by atoms with E-state index in [1.165, 1.54) is 86.8 Å². The van der Waals surface area contributed by atoms with Crippen LogP contribution in [0.15, 0.2) is 206 Å². The van der Waals surface area contributed by atoms with E-state index in [0.717, 1.165) is 9.52 Å². The SMILES string of the molecule is Cc1cc2c(-c3cccc4ccccc34)cccc2[cH-]1.Cc1cc2c(-c3cccc4ccccc34)cccc2[cH-]1.[CH3-].[CH3-].[Hf+4].c1ccc([Si]c2ccccc2)cc1. The fourth-order valence-electron chi connectivity index (χ4n) is 7.37. The summed E-state index contributed by atoms with van der Waals surface area (Å²) in [6.07, 6.45) is 0. The van der Waals surface area contributed by atoms with E-state index in [2.05, 4.69) is 220 Å². The monoisotopic (exact) mass is 902 g/mol. The first-order valence-corrected chi connectivity index (χ1v) is 19.3. The van der Waals surface area contributed by atoms with Gasteiger partial charge in [0.25, 0.3) is 0 Å². The molecule has 56 heavy (non-hydrogen) atoms. The van der Waals surface area contributed by atoms with Crippen molar-refractivity contribution in [2.45, 2.75) is 13.8 Å². The van der Waals surface area contributed by atoms with Gasteiger partial charge in [0, 0.05) is 0 Å². The smallest absolute Gasteiger partial charge is 0.358 e. The maximum atomic E-state index is 2.28. The minimum Gasteiger partial charge on any atom is -0.358 e. The van der Waals surface area contributed by atoms with Gasteiger partial charge in [0.2, 0.25) is 0 Å². The van der Waals surface area contributed by atoms with E-state index in [1.54, 1.807) is 0 Å². The van der Waals surface area contributed by atoms with Crippen LogP contribution in [0.3, 0.4) is 0 Å². The molecule has 0 aliphatic carbocycles. The van der Waals surface area contributed by atoms with E-state index >= 15 is 0 Å². The standard InChI is InChI=1S/2C20H15.C12H10Si.2CH3.Hf/c2*1-14-12-16-8-5-11-19(20(16)13-14)18-10-4-7-15-6-2-3-9-17(15)18;1-3-7-11(8-4-1)13-12-9-5-2-6-10-12;;;/h2*2-13H,1H3;1-10H;2*1H3;/q2*-1;;2*-1;+4.